The van der Waals surface area contributed by atoms with E-state index in [1.807, 2.05) is 54.7 Å². The van der Waals surface area contributed by atoms with Gasteiger partial charge < -0.3 is 4.98 Å². The van der Waals surface area contributed by atoms with Crippen LogP contribution < -0.4 is 5.43 Å². The second-order valence-electron chi connectivity index (χ2n) is 5.04. The van der Waals surface area contributed by atoms with Crippen molar-refractivity contribution in [3.63, 3.8) is 0 Å². The minimum absolute atomic E-state index is 0.637. The van der Waals surface area contributed by atoms with Gasteiger partial charge in [0, 0.05) is 5.56 Å². The molecule has 4 nitrogen and oxygen atoms in total. The Morgan fingerprint density at radius 1 is 0.909 bits per heavy atom. The number of hydrogen-bond donors (Lipinski definition) is 2. The van der Waals surface area contributed by atoms with Crippen molar-refractivity contribution in [1.29, 1.82) is 0 Å². The number of hydrazone groups is 1. The molecule has 0 amide bonds. The van der Waals surface area contributed by atoms with E-state index >= 15 is 0 Å². The van der Waals surface area contributed by atoms with E-state index in [-0.39, 0.29) is 0 Å². The first kappa shape index (κ1) is 12.6. The van der Waals surface area contributed by atoms with Crippen molar-refractivity contribution in [2.75, 3.05) is 5.43 Å². The van der Waals surface area contributed by atoms with Crippen LogP contribution in [0.5, 0.6) is 0 Å². The Morgan fingerprint density at radius 2 is 1.73 bits per heavy atom. The molecule has 1 aromatic heterocycles. The average Bonchev–Trinajstić information content (AvgIpc) is 2.98. The lowest BCUT2D eigenvalue weighted by Gasteiger charge is -2.01. The molecule has 22 heavy (non-hydrogen) atoms. The number of anilines is 1. The lowest BCUT2D eigenvalue weighted by molar-refractivity contribution is 1.22. The minimum Gasteiger partial charge on any atom is -0.323 e. The number of nitrogens with one attached hydrogen (secondary N) is 2. The molecule has 0 aliphatic heterocycles. The van der Waals surface area contributed by atoms with E-state index in [2.05, 4.69) is 38.7 Å². The maximum absolute atomic E-state index is 4.43. The SMILES string of the molecule is C(=N\Nc1nc2ccccc2[nH]1)/c1cccc2ccccc12. The number of aromatic nitrogens is 2. The number of fused-ring (bicyclic) bond motifs is 2. The van der Waals surface area contributed by atoms with Gasteiger partial charge in [0.15, 0.2) is 0 Å². The van der Waals surface area contributed by atoms with E-state index in [0.29, 0.717) is 5.95 Å². The van der Waals surface area contributed by atoms with Crippen molar-refractivity contribution in [3.05, 3.63) is 72.3 Å². The lowest BCUT2D eigenvalue weighted by atomic mass is 10.1. The van der Waals surface area contributed by atoms with E-state index in [1.165, 1.54) is 10.8 Å². The van der Waals surface area contributed by atoms with Crippen LogP contribution in [0.2, 0.25) is 0 Å². The summed E-state index contributed by atoms with van der Waals surface area (Å²) >= 11 is 0. The Bertz CT molecular complexity index is 931. The van der Waals surface area contributed by atoms with Crippen LogP contribution >= 0.6 is 0 Å². The quantitative estimate of drug-likeness (QED) is 0.439. The second-order valence-corrected chi connectivity index (χ2v) is 5.04. The van der Waals surface area contributed by atoms with E-state index in [1.54, 1.807) is 0 Å². The maximum Gasteiger partial charge on any atom is 0.222 e. The predicted molar refractivity (Wildman–Crippen MR) is 91.3 cm³/mol. The molecule has 0 saturated carbocycles. The number of aromatic amines is 1. The molecule has 106 valence electrons. The molecular formula is C18H14N4. The van der Waals surface area contributed by atoms with Crippen LogP contribution in [-0.2, 0) is 0 Å². The van der Waals surface area contributed by atoms with Gasteiger partial charge in [0.05, 0.1) is 17.2 Å². The largest absolute Gasteiger partial charge is 0.323 e. The van der Waals surface area contributed by atoms with Crippen LogP contribution in [0.15, 0.2) is 71.8 Å². The van der Waals surface area contributed by atoms with Gasteiger partial charge in [0.1, 0.15) is 0 Å². The lowest BCUT2D eigenvalue weighted by Crippen LogP contribution is -1.92. The first-order chi connectivity index (χ1) is 10.9. The number of benzene rings is 3. The van der Waals surface area contributed by atoms with Crippen LogP contribution in [0.1, 0.15) is 5.56 Å². The summed E-state index contributed by atoms with van der Waals surface area (Å²) in [6, 6.07) is 22.3. The average molecular weight is 286 g/mol. The summed E-state index contributed by atoms with van der Waals surface area (Å²) in [5.74, 6) is 0.637. The smallest absolute Gasteiger partial charge is 0.222 e. The molecule has 0 atom stereocenters. The van der Waals surface area contributed by atoms with E-state index in [0.717, 1.165) is 16.6 Å². The molecule has 0 aliphatic carbocycles. The molecule has 0 aliphatic rings. The second kappa shape index (κ2) is 5.33. The maximum atomic E-state index is 4.43. The first-order valence-corrected chi connectivity index (χ1v) is 7.12. The number of hydrogen-bond acceptors (Lipinski definition) is 3. The van der Waals surface area contributed by atoms with Crippen molar-refractivity contribution in [1.82, 2.24) is 9.97 Å². The topological polar surface area (TPSA) is 53.1 Å². The zero-order valence-corrected chi connectivity index (χ0v) is 11.8. The third kappa shape index (κ3) is 2.31. The fourth-order valence-electron chi connectivity index (χ4n) is 2.53. The number of nitrogens with zero attached hydrogens (tertiary/aromatic N) is 2. The molecule has 0 saturated heterocycles. The van der Waals surface area contributed by atoms with Gasteiger partial charge in [-0.15, -0.1) is 0 Å². The molecule has 4 aromatic rings. The fourth-order valence-corrected chi connectivity index (χ4v) is 2.53. The summed E-state index contributed by atoms with van der Waals surface area (Å²) in [5, 5.41) is 6.67. The van der Waals surface area contributed by atoms with Crippen molar-refractivity contribution in [2.45, 2.75) is 0 Å². The predicted octanol–water partition coefficient (Wildman–Crippen LogP) is 4.16. The molecule has 0 radical (unpaired) electrons. The van der Waals surface area contributed by atoms with Gasteiger partial charge in [-0.25, -0.2) is 10.4 Å². The van der Waals surface area contributed by atoms with Crippen LogP contribution in [0.25, 0.3) is 21.8 Å². The van der Waals surface area contributed by atoms with Gasteiger partial charge in [0.2, 0.25) is 5.95 Å². The Kier molecular flexibility index (Phi) is 3.05. The molecule has 0 fully saturated rings. The highest BCUT2D eigenvalue weighted by Gasteiger charge is 2.00. The summed E-state index contributed by atoms with van der Waals surface area (Å²) in [6.45, 7) is 0. The highest BCUT2D eigenvalue weighted by atomic mass is 15.3. The van der Waals surface area contributed by atoms with Gasteiger partial charge in [-0.3, -0.25) is 0 Å². The Balaban J connectivity index is 1.61. The van der Waals surface area contributed by atoms with Gasteiger partial charge in [0.25, 0.3) is 0 Å². The van der Waals surface area contributed by atoms with Crippen LogP contribution in [-0.4, -0.2) is 16.2 Å². The zero-order chi connectivity index (χ0) is 14.8. The Morgan fingerprint density at radius 3 is 2.68 bits per heavy atom. The zero-order valence-electron chi connectivity index (χ0n) is 11.8. The summed E-state index contributed by atoms with van der Waals surface area (Å²) in [5.41, 5.74) is 5.93. The van der Waals surface area contributed by atoms with Crippen molar-refractivity contribution < 1.29 is 0 Å². The molecule has 3 aromatic carbocycles. The highest BCUT2D eigenvalue weighted by molar-refractivity contribution is 5.99. The van der Waals surface area contributed by atoms with Crippen molar-refractivity contribution in [2.24, 2.45) is 5.10 Å². The fraction of sp³-hybridized carbons (Fsp3) is 0. The van der Waals surface area contributed by atoms with E-state index < -0.39 is 0 Å². The summed E-state index contributed by atoms with van der Waals surface area (Å²) in [6.07, 6.45) is 1.82. The van der Waals surface area contributed by atoms with E-state index in [9.17, 15) is 0 Å². The van der Waals surface area contributed by atoms with Gasteiger partial charge in [-0.05, 0) is 22.9 Å². The standard InChI is InChI=1S/C18H14N4/c1-2-9-15-13(6-1)7-5-8-14(15)12-19-22-18-20-16-10-3-4-11-17(16)21-18/h1-12H,(H2,20,21,22)/b19-12+. The molecule has 2 N–H and O–H groups in total. The van der Waals surface area contributed by atoms with Crippen LogP contribution in [0.4, 0.5) is 5.95 Å². The van der Waals surface area contributed by atoms with Gasteiger partial charge >= 0.3 is 0 Å². The normalized spacial score (nSPS) is 11.5. The highest BCUT2D eigenvalue weighted by Crippen LogP contribution is 2.17. The Labute approximate surface area is 127 Å². The first-order valence-electron chi connectivity index (χ1n) is 7.12. The summed E-state index contributed by atoms with van der Waals surface area (Å²) in [7, 11) is 0. The van der Waals surface area contributed by atoms with Crippen LogP contribution in [0, 0.1) is 0 Å². The van der Waals surface area contributed by atoms with Gasteiger partial charge in [-0.1, -0.05) is 54.6 Å². The monoisotopic (exact) mass is 286 g/mol. The Hall–Kier alpha value is -3.14. The molecule has 4 heteroatoms. The minimum atomic E-state index is 0.637. The molecule has 0 unspecified atom stereocenters. The number of rotatable bonds is 3. The van der Waals surface area contributed by atoms with Gasteiger partial charge in [-0.2, -0.15) is 5.10 Å². The summed E-state index contributed by atoms with van der Waals surface area (Å²) < 4.78 is 0. The molecule has 1 heterocycles. The van der Waals surface area contributed by atoms with Crippen molar-refractivity contribution >= 4 is 34.0 Å². The van der Waals surface area contributed by atoms with E-state index in [4.69, 9.17) is 0 Å². The third-order valence-corrected chi connectivity index (χ3v) is 3.59. The van der Waals surface area contributed by atoms with Crippen molar-refractivity contribution in [3.8, 4) is 0 Å². The number of imidazole rings is 1. The third-order valence-electron chi connectivity index (χ3n) is 3.59. The summed E-state index contributed by atoms with van der Waals surface area (Å²) in [4.78, 5) is 7.61. The number of para-hydroxylation sites is 2. The molecular weight excluding hydrogens is 272 g/mol. The molecule has 0 spiro atoms. The molecule has 0 bridgehead atoms. The molecule has 4 rings (SSSR count). The number of H-pyrrole nitrogens is 1. The van der Waals surface area contributed by atoms with Crippen LogP contribution in [0.3, 0.4) is 0 Å².